The summed E-state index contributed by atoms with van der Waals surface area (Å²) in [5.74, 6) is -0.0630. The number of ketones is 1. The van der Waals surface area contributed by atoms with Crippen LogP contribution in [0.4, 0.5) is 0 Å². The second-order valence-electron chi connectivity index (χ2n) is 4.01. The number of benzene rings is 2. The lowest BCUT2D eigenvalue weighted by atomic mass is 9.88. The Bertz CT molecular complexity index is 502. The Morgan fingerprint density at radius 1 is 0.941 bits per heavy atom. The number of carbonyl (C=O) groups excluding carboxylic acids is 1. The van der Waals surface area contributed by atoms with Gasteiger partial charge in [0.05, 0.1) is 5.92 Å². The molecule has 0 N–H and O–H groups in total. The molecule has 1 atom stereocenters. The van der Waals surface area contributed by atoms with Crippen LogP contribution in [-0.2, 0) is 4.79 Å². The molecule has 0 bridgehead atoms. The summed E-state index contributed by atoms with van der Waals surface area (Å²) in [6.07, 6.45) is 0. The van der Waals surface area contributed by atoms with Crippen LogP contribution in [0, 0.1) is 0 Å². The molecule has 2 aromatic carbocycles. The van der Waals surface area contributed by atoms with Gasteiger partial charge in [0.1, 0.15) is 5.78 Å². The lowest BCUT2D eigenvalue weighted by Crippen LogP contribution is -2.10. The third-order valence-corrected chi connectivity index (χ3v) is 2.99. The van der Waals surface area contributed by atoms with Gasteiger partial charge in [0.2, 0.25) is 0 Å². The van der Waals surface area contributed by atoms with Crippen molar-refractivity contribution in [2.24, 2.45) is 0 Å². The van der Waals surface area contributed by atoms with Crippen molar-refractivity contribution in [2.75, 3.05) is 0 Å². The topological polar surface area (TPSA) is 17.1 Å². The molecule has 0 radical (unpaired) electrons. The van der Waals surface area contributed by atoms with Crippen LogP contribution in [0.2, 0.25) is 5.02 Å². The Hall–Kier alpha value is -1.60. The number of hydrogen-bond acceptors (Lipinski definition) is 1. The lowest BCUT2D eigenvalue weighted by Gasteiger charge is -2.14. The van der Waals surface area contributed by atoms with E-state index in [1.54, 1.807) is 6.92 Å². The molecule has 1 unspecified atom stereocenters. The molecule has 2 aromatic rings. The van der Waals surface area contributed by atoms with Crippen LogP contribution in [0.1, 0.15) is 24.0 Å². The van der Waals surface area contributed by atoms with Gasteiger partial charge in [0.15, 0.2) is 0 Å². The molecule has 0 aromatic heterocycles. The molecule has 1 nitrogen and oxygen atoms in total. The first-order chi connectivity index (χ1) is 8.18. The lowest BCUT2D eigenvalue weighted by molar-refractivity contribution is -0.117. The molecule has 0 saturated carbocycles. The Morgan fingerprint density at radius 3 is 2.00 bits per heavy atom. The van der Waals surface area contributed by atoms with Crippen molar-refractivity contribution in [3.63, 3.8) is 0 Å². The standard InChI is InChI=1S/C15H13ClO/c1-11(17)15(12-5-3-2-4-6-12)13-7-9-14(16)10-8-13/h2-10,15H,1H3. The second kappa shape index (κ2) is 5.15. The monoisotopic (exact) mass is 244 g/mol. The maximum Gasteiger partial charge on any atom is 0.141 e. The number of halogens is 1. The zero-order valence-corrected chi connectivity index (χ0v) is 10.3. The zero-order chi connectivity index (χ0) is 12.3. The average Bonchev–Trinajstić information content (AvgIpc) is 2.33. The van der Waals surface area contributed by atoms with Gasteiger partial charge in [0.25, 0.3) is 0 Å². The molecule has 0 spiro atoms. The molecular formula is C15H13ClO. The van der Waals surface area contributed by atoms with E-state index < -0.39 is 0 Å². The molecule has 86 valence electrons. The summed E-state index contributed by atoms with van der Waals surface area (Å²) in [5, 5.41) is 0.684. The van der Waals surface area contributed by atoms with Crippen molar-refractivity contribution in [3.05, 3.63) is 70.7 Å². The highest BCUT2D eigenvalue weighted by Gasteiger charge is 2.18. The summed E-state index contributed by atoms with van der Waals surface area (Å²) in [4.78, 5) is 11.8. The van der Waals surface area contributed by atoms with Gasteiger partial charge < -0.3 is 0 Å². The van der Waals surface area contributed by atoms with Crippen molar-refractivity contribution in [1.29, 1.82) is 0 Å². The van der Waals surface area contributed by atoms with Crippen molar-refractivity contribution in [1.82, 2.24) is 0 Å². The van der Waals surface area contributed by atoms with E-state index in [1.165, 1.54) is 0 Å². The Balaban J connectivity index is 2.43. The molecule has 17 heavy (non-hydrogen) atoms. The second-order valence-corrected chi connectivity index (χ2v) is 4.44. The van der Waals surface area contributed by atoms with E-state index >= 15 is 0 Å². The van der Waals surface area contributed by atoms with Crippen LogP contribution in [0.15, 0.2) is 54.6 Å². The van der Waals surface area contributed by atoms with Crippen LogP contribution in [0.25, 0.3) is 0 Å². The van der Waals surface area contributed by atoms with Crippen molar-refractivity contribution in [2.45, 2.75) is 12.8 Å². The predicted molar refractivity (Wildman–Crippen MR) is 70.4 cm³/mol. The smallest absolute Gasteiger partial charge is 0.141 e. The van der Waals surface area contributed by atoms with Gasteiger partial charge in [-0.2, -0.15) is 0 Å². The minimum Gasteiger partial charge on any atom is -0.299 e. The van der Waals surface area contributed by atoms with Gasteiger partial charge in [-0.25, -0.2) is 0 Å². The van der Waals surface area contributed by atoms with E-state index in [-0.39, 0.29) is 11.7 Å². The highest BCUT2D eigenvalue weighted by Crippen LogP contribution is 2.26. The molecule has 0 amide bonds. The van der Waals surface area contributed by atoms with Gasteiger partial charge in [0, 0.05) is 5.02 Å². The quantitative estimate of drug-likeness (QED) is 0.796. The van der Waals surface area contributed by atoms with Gasteiger partial charge in [-0.1, -0.05) is 54.1 Å². The third-order valence-electron chi connectivity index (χ3n) is 2.74. The highest BCUT2D eigenvalue weighted by molar-refractivity contribution is 6.30. The molecular weight excluding hydrogens is 232 g/mol. The van der Waals surface area contributed by atoms with Crippen LogP contribution in [0.3, 0.4) is 0 Å². The Labute approximate surface area is 106 Å². The molecule has 0 heterocycles. The SMILES string of the molecule is CC(=O)C(c1ccccc1)c1ccc(Cl)cc1. The van der Waals surface area contributed by atoms with Gasteiger partial charge in [-0.05, 0) is 30.2 Å². The molecule has 0 fully saturated rings. The zero-order valence-electron chi connectivity index (χ0n) is 9.56. The largest absolute Gasteiger partial charge is 0.299 e. The molecule has 0 aliphatic rings. The van der Waals surface area contributed by atoms with Crippen LogP contribution >= 0.6 is 11.6 Å². The maximum atomic E-state index is 11.8. The van der Waals surface area contributed by atoms with Crippen molar-refractivity contribution in [3.8, 4) is 0 Å². The van der Waals surface area contributed by atoms with E-state index in [4.69, 9.17) is 11.6 Å². The van der Waals surface area contributed by atoms with E-state index in [0.29, 0.717) is 5.02 Å². The first-order valence-electron chi connectivity index (χ1n) is 5.49. The highest BCUT2D eigenvalue weighted by atomic mass is 35.5. The van der Waals surface area contributed by atoms with Gasteiger partial charge >= 0.3 is 0 Å². The summed E-state index contributed by atoms with van der Waals surface area (Å²) in [6.45, 7) is 1.62. The summed E-state index contributed by atoms with van der Waals surface area (Å²) in [6, 6.07) is 17.2. The van der Waals surface area contributed by atoms with E-state index in [9.17, 15) is 4.79 Å². The molecule has 0 saturated heterocycles. The molecule has 0 aliphatic heterocycles. The minimum absolute atomic E-state index is 0.138. The average molecular weight is 245 g/mol. The van der Waals surface area contributed by atoms with Gasteiger partial charge in [-0.3, -0.25) is 4.79 Å². The summed E-state index contributed by atoms with van der Waals surface area (Å²) >= 11 is 5.86. The normalized spacial score (nSPS) is 12.1. The summed E-state index contributed by atoms with van der Waals surface area (Å²) in [5.41, 5.74) is 2.00. The first kappa shape index (κ1) is 11.9. The first-order valence-corrected chi connectivity index (χ1v) is 5.87. The number of carbonyl (C=O) groups is 1. The van der Waals surface area contributed by atoms with Crippen molar-refractivity contribution >= 4 is 17.4 Å². The fourth-order valence-electron chi connectivity index (χ4n) is 1.96. The fourth-order valence-corrected chi connectivity index (χ4v) is 2.09. The van der Waals surface area contributed by atoms with Crippen molar-refractivity contribution < 1.29 is 4.79 Å². The van der Waals surface area contributed by atoms with E-state index in [1.807, 2.05) is 54.6 Å². The van der Waals surface area contributed by atoms with Crippen LogP contribution in [0.5, 0.6) is 0 Å². The van der Waals surface area contributed by atoms with E-state index in [0.717, 1.165) is 11.1 Å². The van der Waals surface area contributed by atoms with Crippen LogP contribution < -0.4 is 0 Å². The van der Waals surface area contributed by atoms with Crippen LogP contribution in [-0.4, -0.2) is 5.78 Å². The maximum absolute atomic E-state index is 11.8. The number of rotatable bonds is 3. The molecule has 2 heteroatoms. The fraction of sp³-hybridized carbons (Fsp3) is 0.133. The minimum atomic E-state index is -0.200. The number of hydrogen-bond donors (Lipinski definition) is 0. The molecule has 0 aliphatic carbocycles. The third kappa shape index (κ3) is 2.75. The Morgan fingerprint density at radius 2 is 1.47 bits per heavy atom. The predicted octanol–water partition coefficient (Wildman–Crippen LogP) is 4.06. The molecule has 2 rings (SSSR count). The Kier molecular flexibility index (Phi) is 3.60. The number of Topliss-reactive ketones (excluding diaryl/α,β-unsaturated/α-hetero) is 1. The van der Waals surface area contributed by atoms with E-state index in [2.05, 4.69) is 0 Å². The van der Waals surface area contributed by atoms with Gasteiger partial charge in [-0.15, -0.1) is 0 Å². The summed E-state index contributed by atoms with van der Waals surface area (Å²) in [7, 11) is 0. The summed E-state index contributed by atoms with van der Waals surface area (Å²) < 4.78 is 0.